The van der Waals surface area contributed by atoms with E-state index in [4.69, 9.17) is 10.00 Å². The zero-order valence-electron chi connectivity index (χ0n) is 12.5. The second kappa shape index (κ2) is 9.54. The van der Waals surface area contributed by atoms with Crippen LogP contribution in [-0.2, 0) is 9.53 Å². The van der Waals surface area contributed by atoms with Gasteiger partial charge in [0.15, 0.2) is 5.16 Å². The van der Waals surface area contributed by atoms with Crippen LogP contribution in [0.2, 0.25) is 0 Å². The van der Waals surface area contributed by atoms with E-state index in [9.17, 15) is 4.79 Å². The number of carbonyl (C=O) groups excluding carboxylic acids is 1. The maximum absolute atomic E-state index is 11.6. The van der Waals surface area contributed by atoms with Crippen molar-refractivity contribution in [3.05, 3.63) is 36.7 Å². The van der Waals surface area contributed by atoms with Crippen LogP contribution in [0.25, 0.3) is 11.4 Å². The first kappa shape index (κ1) is 16.9. The standard InChI is InChI=1S/C16H16N4O2S/c17-8-3-1-5-11-22-15(21)12-23-16-19-10-7-14(20-16)13-6-2-4-9-18-13/h2,4,6-7,9-10H,1,3,5,11-12H2. The van der Waals surface area contributed by atoms with Crippen LogP contribution in [0, 0.1) is 11.3 Å². The fourth-order valence-corrected chi connectivity index (χ4v) is 2.35. The highest BCUT2D eigenvalue weighted by molar-refractivity contribution is 7.99. The lowest BCUT2D eigenvalue weighted by molar-refractivity contribution is -0.140. The smallest absolute Gasteiger partial charge is 0.316 e. The Kier molecular flexibility index (Phi) is 7.01. The fourth-order valence-electron chi connectivity index (χ4n) is 1.72. The number of esters is 1. The number of nitriles is 1. The first-order valence-corrected chi connectivity index (χ1v) is 8.18. The summed E-state index contributed by atoms with van der Waals surface area (Å²) in [7, 11) is 0. The molecule has 0 aliphatic heterocycles. The molecule has 6 nitrogen and oxygen atoms in total. The summed E-state index contributed by atoms with van der Waals surface area (Å²) >= 11 is 1.23. The SMILES string of the molecule is N#CCCCCOC(=O)CSc1nccc(-c2ccccn2)n1. The molecule has 0 saturated carbocycles. The summed E-state index contributed by atoms with van der Waals surface area (Å²) in [5, 5.41) is 8.92. The van der Waals surface area contributed by atoms with Crippen LogP contribution in [0.4, 0.5) is 0 Å². The van der Waals surface area contributed by atoms with E-state index in [2.05, 4.69) is 21.0 Å². The Balaban J connectivity index is 1.80. The van der Waals surface area contributed by atoms with E-state index < -0.39 is 0 Å². The van der Waals surface area contributed by atoms with Crippen molar-refractivity contribution in [1.82, 2.24) is 15.0 Å². The van der Waals surface area contributed by atoms with Crippen LogP contribution in [0.5, 0.6) is 0 Å². The third-order valence-corrected chi connectivity index (χ3v) is 3.66. The largest absolute Gasteiger partial charge is 0.465 e. The number of hydrogen-bond acceptors (Lipinski definition) is 7. The summed E-state index contributed by atoms with van der Waals surface area (Å²) in [5.74, 6) is -0.150. The normalized spacial score (nSPS) is 10.0. The molecule has 0 amide bonds. The van der Waals surface area contributed by atoms with E-state index >= 15 is 0 Å². The molecule has 2 aromatic heterocycles. The van der Waals surface area contributed by atoms with Gasteiger partial charge in [0.1, 0.15) is 0 Å². The van der Waals surface area contributed by atoms with Crippen LogP contribution in [-0.4, -0.2) is 33.3 Å². The van der Waals surface area contributed by atoms with Crippen molar-refractivity contribution in [2.75, 3.05) is 12.4 Å². The van der Waals surface area contributed by atoms with Gasteiger partial charge >= 0.3 is 5.97 Å². The van der Waals surface area contributed by atoms with E-state index in [1.807, 2.05) is 18.2 Å². The summed E-state index contributed by atoms with van der Waals surface area (Å²) in [6, 6.07) is 9.43. The fraction of sp³-hybridized carbons (Fsp3) is 0.312. The first-order chi connectivity index (χ1) is 11.3. The maximum atomic E-state index is 11.6. The minimum atomic E-state index is -0.307. The molecule has 2 aromatic rings. The molecule has 0 fully saturated rings. The molecule has 0 aromatic carbocycles. The average molecular weight is 328 g/mol. The maximum Gasteiger partial charge on any atom is 0.316 e. The van der Waals surface area contributed by atoms with E-state index in [1.54, 1.807) is 18.5 Å². The van der Waals surface area contributed by atoms with Crippen LogP contribution >= 0.6 is 11.8 Å². The molecule has 7 heteroatoms. The van der Waals surface area contributed by atoms with Crippen LogP contribution < -0.4 is 0 Å². The Bertz CT molecular complexity index is 673. The molecule has 0 radical (unpaired) electrons. The molecule has 2 rings (SSSR count). The van der Waals surface area contributed by atoms with Crippen molar-refractivity contribution < 1.29 is 9.53 Å². The zero-order valence-corrected chi connectivity index (χ0v) is 13.3. The van der Waals surface area contributed by atoms with Gasteiger partial charge in [0.05, 0.1) is 29.8 Å². The van der Waals surface area contributed by atoms with Crippen molar-refractivity contribution in [3.63, 3.8) is 0 Å². The molecule has 0 saturated heterocycles. The summed E-state index contributed by atoms with van der Waals surface area (Å²) in [5.41, 5.74) is 1.48. The Morgan fingerprint density at radius 2 is 2.09 bits per heavy atom. The molecule has 0 aliphatic carbocycles. The number of ether oxygens (including phenoxy) is 1. The molecule has 0 bridgehead atoms. The first-order valence-electron chi connectivity index (χ1n) is 7.19. The van der Waals surface area contributed by atoms with Crippen molar-refractivity contribution >= 4 is 17.7 Å². The van der Waals surface area contributed by atoms with Gasteiger partial charge in [-0.05, 0) is 31.0 Å². The molecule has 0 N–H and O–H groups in total. The predicted molar refractivity (Wildman–Crippen MR) is 86.4 cm³/mol. The molecule has 0 aliphatic rings. The Morgan fingerprint density at radius 1 is 1.17 bits per heavy atom. The third kappa shape index (κ3) is 6.04. The number of carbonyl (C=O) groups is 1. The number of rotatable bonds is 8. The highest BCUT2D eigenvalue weighted by Gasteiger charge is 2.08. The van der Waals surface area contributed by atoms with Gasteiger partial charge < -0.3 is 4.74 Å². The second-order valence-electron chi connectivity index (χ2n) is 4.56. The van der Waals surface area contributed by atoms with Crippen LogP contribution in [0.15, 0.2) is 41.8 Å². The summed E-state index contributed by atoms with van der Waals surface area (Å²) in [6.07, 6.45) is 5.28. The predicted octanol–water partition coefficient (Wildman–Crippen LogP) is 2.87. The van der Waals surface area contributed by atoms with Crippen molar-refractivity contribution in [2.45, 2.75) is 24.4 Å². The van der Waals surface area contributed by atoms with Crippen molar-refractivity contribution in [1.29, 1.82) is 5.26 Å². The molecule has 23 heavy (non-hydrogen) atoms. The van der Waals surface area contributed by atoms with Gasteiger partial charge in [-0.3, -0.25) is 9.78 Å². The molecule has 0 unspecified atom stereocenters. The van der Waals surface area contributed by atoms with Crippen LogP contribution in [0.1, 0.15) is 19.3 Å². The molecular formula is C16H16N4O2S. The Hall–Kier alpha value is -2.46. The number of unbranched alkanes of at least 4 members (excludes halogenated alkanes) is 2. The van der Waals surface area contributed by atoms with E-state index in [0.717, 1.165) is 12.1 Å². The lowest BCUT2D eigenvalue weighted by Crippen LogP contribution is -2.09. The Labute approximate surface area is 138 Å². The van der Waals surface area contributed by atoms with Gasteiger partial charge in [0.2, 0.25) is 0 Å². The van der Waals surface area contributed by atoms with E-state index in [-0.39, 0.29) is 11.7 Å². The molecule has 2 heterocycles. The van der Waals surface area contributed by atoms with Gasteiger partial charge in [-0.25, -0.2) is 9.97 Å². The lowest BCUT2D eigenvalue weighted by Gasteiger charge is -2.04. The highest BCUT2D eigenvalue weighted by atomic mass is 32.2. The van der Waals surface area contributed by atoms with Crippen LogP contribution in [0.3, 0.4) is 0 Å². The quantitative estimate of drug-likeness (QED) is 0.318. The van der Waals surface area contributed by atoms with Crippen molar-refractivity contribution in [2.24, 2.45) is 0 Å². The van der Waals surface area contributed by atoms with Gasteiger partial charge in [0.25, 0.3) is 0 Å². The molecular weight excluding hydrogens is 312 g/mol. The van der Waals surface area contributed by atoms with Gasteiger partial charge in [0, 0.05) is 18.8 Å². The van der Waals surface area contributed by atoms with Gasteiger partial charge in [-0.15, -0.1) is 0 Å². The molecule has 0 spiro atoms. The zero-order chi connectivity index (χ0) is 16.3. The van der Waals surface area contributed by atoms with Gasteiger partial charge in [-0.2, -0.15) is 5.26 Å². The minimum Gasteiger partial charge on any atom is -0.465 e. The van der Waals surface area contributed by atoms with Crippen molar-refractivity contribution in [3.8, 4) is 17.5 Å². The highest BCUT2D eigenvalue weighted by Crippen LogP contribution is 2.18. The number of pyridine rings is 1. The topological polar surface area (TPSA) is 88.8 Å². The third-order valence-electron chi connectivity index (χ3n) is 2.83. The minimum absolute atomic E-state index is 0.157. The van der Waals surface area contributed by atoms with Gasteiger partial charge in [-0.1, -0.05) is 17.8 Å². The molecule has 118 valence electrons. The number of nitrogens with zero attached hydrogens (tertiary/aromatic N) is 4. The second-order valence-corrected chi connectivity index (χ2v) is 5.51. The number of aromatic nitrogens is 3. The monoisotopic (exact) mass is 328 g/mol. The Morgan fingerprint density at radius 3 is 2.87 bits per heavy atom. The summed E-state index contributed by atoms with van der Waals surface area (Å²) in [6.45, 7) is 0.343. The van der Waals surface area contributed by atoms with E-state index in [1.165, 1.54) is 11.8 Å². The number of hydrogen-bond donors (Lipinski definition) is 0. The lowest BCUT2D eigenvalue weighted by atomic mass is 10.3. The summed E-state index contributed by atoms with van der Waals surface area (Å²) in [4.78, 5) is 24.4. The molecule has 0 atom stereocenters. The van der Waals surface area contributed by atoms with E-state index in [0.29, 0.717) is 30.3 Å². The average Bonchev–Trinajstić information content (AvgIpc) is 2.61. The summed E-state index contributed by atoms with van der Waals surface area (Å²) < 4.78 is 5.09. The number of thioether (sulfide) groups is 1.